The van der Waals surface area contributed by atoms with Crippen molar-refractivity contribution in [1.29, 1.82) is 0 Å². The molecule has 28 heavy (non-hydrogen) atoms. The molecule has 0 aromatic heterocycles. The highest BCUT2D eigenvalue weighted by Gasteiger charge is 2.21. The van der Waals surface area contributed by atoms with Crippen LogP contribution in [0.3, 0.4) is 0 Å². The first-order valence-electron chi connectivity index (χ1n) is 9.34. The number of hydrogen-bond acceptors (Lipinski definition) is 4. The van der Waals surface area contributed by atoms with E-state index in [1.165, 1.54) is 19.2 Å². The fraction of sp³-hybridized carbons (Fsp3) is 0.381. The molecule has 0 heterocycles. The van der Waals surface area contributed by atoms with Crippen LogP contribution in [0.4, 0.5) is 5.69 Å². The minimum atomic E-state index is -3.64. The summed E-state index contributed by atoms with van der Waals surface area (Å²) in [5.74, 6) is -0.346. The molecule has 0 aliphatic carbocycles. The summed E-state index contributed by atoms with van der Waals surface area (Å²) in [5.41, 5.74) is 1.53. The van der Waals surface area contributed by atoms with Gasteiger partial charge < -0.3 is 10.1 Å². The van der Waals surface area contributed by atoms with E-state index in [0.717, 1.165) is 18.4 Å². The van der Waals surface area contributed by atoms with Crippen molar-refractivity contribution < 1.29 is 17.9 Å². The zero-order valence-electron chi connectivity index (χ0n) is 16.5. The summed E-state index contributed by atoms with van der Waals surface area (Å²) in [5, 5.41) is 2.89. The van der Waals surface area contributed by atoms with E-state index in [0.29, 0.717) is 5.69 Å². The maximum absolute atomic E-state index is 12.7. The SMILES string of the molecule is CCCC(C(=O)Nc1ccc(S(=O)(=O)NC(C)COC)cc1)c1ccccc1. The van der Waals surface area contributed by atoms with Gasteiger partial charge in [-0.25, -0.2) is 13.1 Å². The van der Waals surface area contributed by atoms with E-state index in [1.807, 2.05) is 37.3 Å². The number of methoxy groups -OCH3 is 1. The van der Waals surface area contributed by atoms with Crippen molar-refractivity contribution in [3.63, 3.8) is 0 Å². The third-order valence-electron chi connectivity index (χ3n) is 4.30. The summed E-state index contributed by atoms with van der Waals surface area (Å²) in [6, 6.07) is 15.5. The van der Waals surface area contributed by atoms with Crippen molar-refractivity contribution in [2.45, 2.75) is 43.5 Å². The largest absolute Gasteiger partial charge is 0.383 e. The van der Waals surface area contributed by atoms with Gasteiger partial charge in [-0.2, -0.15) is 0 Å². The predicted octanol–water partition coefficient (Wildman–Crippen LogP) is 3.52. The normalized spacial score (nSPS) is 13.7. The molecule has 2 aromatic rings. The van der Waals surface area contributed by atoms with Gasteiger partial charge in [-0.15, -0.1) is 0 Å². The molecule has 6 nitrogen and oxygen atoms in total. The number of nitrogens with one attached hydrogen (secondary N) is 2. The Bertz CT molecular complexity index is 852. The van der Waals surface area contributed by atoms with Gasteiger partial charge in [0.15, 0.2) is 0 Å². The van der Waals surface area contributed by atoms with E-state index in [2.05, 4.69) is 10.0 Å². The van der Waals surface area contributed by atoms with Crippen LogP contribution in [0.2, 0.25) is 0 Å². The summed E-state index contributed by atoms with van der Waals surface area (Å²) >= 11 is 0. The minimum Gasteiger partial charge on any atom is -0.383 e. The molecule has 7 heteroatoms. The molecule has 0 saturated carbocycles. The maximum Gasteiger partial charge on any atom is 0.240 e. The van der Waals surface area contributed by atoms with E-state index in [4.69, 9.17) is 4.74 Å². The molecule has 0 aliphatic heterocycles. The van der Waals surface area contributed by atoms with Crippen molar-refractivity contribution in [2.24, 2.45) is 0 Å². The second-order valence-corrected chi connectivity index (χ2v) is 8.46. The van der Waals surface area contributed by atoms with Crippen LogP contribution in [0.5, 0.6) is 0 Å². The topological polar surface area (TPSA) is 84.5 Å². The van der Waals surface area contributed by atoms with Gasteiger partial charge in [-0.05, 0) is 43.2 Å². The van der Waals surface area contributed by atoms with Crippen LogP contribution in [0, 0.1) is 0 Å². The lowest BCUT2D eigenvalue weighted by atomic mass is 9.93. The maximum atomic E-state index is 12.7. The first kappa shape index (κ1) is 22.1. The molecule has 0 bridgehead atoms. The molecule has 0 spiro atoms. The molecular weight excluding hydrogens is 376 g/mol. The second-order valence-electron chi connectivity index (χ2n) is 6.74. The molecular formula is C21H28N2O4S. The number of benzene rings is 2. The highest BCUT2D eigenvalue weighted by Crippen LogP contribution is 2.24. The van der Waals surface area contributed by atoms with Gasteiger partial charge in [-0.3, -0.25) is 4.79 Å². The van der Waals surface area contributed by atoms with Crippen molar-refractivity contribution in [1.82, 2.24) is 4.72 Å². The van der Waals surface area contributed by atoms with E-state index < -0.39 is 10.0 Å². The number of anilines is 1. The first-order valence-corrected chi connectivity index (χ1v) is 10.8. The van der Waals surface area contributed by atoms with Gasteiger partial charge >= 0.3 is 0 Å². The Morgan fingerprint density at radius 1 is 1.07 bits per heavy atom. The molecule has 2 N–H and O–H groups in total. The molecule has 152 valence electrons. The van der Waals surface area contributed by atoms with Crippen LogP contribution in [0.1, 0.15) is 38.2 Å². The molecule has 0 radical (unpaired) electrons. The number of carbonyl (C=O) groups is 1. The van der Waals surface area contributed by atoms with Crippen molar-refractivity contribution in [2.75, 3.05) is 19.0 Å². The summed E-state index contributed by atoms with van der Waals surface area (Å²) < 4.78 is 32.3. The van der Waals surface area contributed by atoms with E-state index in [1.54, 1.807) is 19.1 Å². The lowest BCUT2D eigenvalue weighted by Crippen LogP contribution is -2.35. The van der Waals surface area contributed by atoms with Crippen LogP contribution in [-0.2, 0) is 19.6 Å². The number of carbonyl (C=O) groups excluding carboxylic acids is 1. The highest BCUT2D eigenvalue weighted by atomic mass is 32.2. The summed E-state index contributed by atoms with van der Waals surface area (Å²) in [4.78, 5) is 12.9. The third kappa shape index (κ3) is 6.15. The van der Waals surface area contributed by atoms with Gasteiger partial charge in [0.2, 0.25) is 15.9 Å². The first-order chi connectivity index (χ1) is 13.4. The molecule has 0 aliphatic rings. The monoisotopic (exact) mass is 404 g/mol. The van der Waals surface area contributed by atoms with Crippen molar-refractivity contribution >= 4 is 21.6 Å². The van der Waals surface area contributed by atoms with E-state index in [-0.39, 0.29) is 29.4 Å². The van der Waals surface area contributed by atoms with Crippen LogP contribution in [0.25, 0.3) is 0 Å². The molecule has 1 amide bonds. The summed E-state index contributed by atoms with van der Waals surface area (Å²) in [6.45, 7) is 4.05. The van der Waals surface area contributed by atoms with Crippen LogP contribution >= 0.6 is 0 Å². The fourth-order valence-electron chi connectivity index (χ4n) is 2.99. The Labute approximate surface area is 167 Å². The quantitative estimate of drug-likeness (QED) is 0.634. The Kier molecular flexibility index (Phi) is 8.17. The average Bonchev–Trinajstić information content (AvgIpc) is 2.67. The van der Waals surface area contributed by atoms with Gasteiger partial charge in [-0.1, -0.05) is 43.7 Å². The standard InChI is InChI=1S/C21H28N2O4S/c1-4-8-20(17-9-6-5-7-10-17)21(24)22-18-11-13-19(14-12-18)28(25,26)23-16(2)15-27-3/h5-7,9-14,16,20,23H,4,8,15H2,1-3H3,(H,22,24). The van der Waals surface area contributed by atoms with Crippen LogP contribution in [-0.4, -0.2) is 34.1 Å². The summed E-state index contributed by atoms with van der Waals surface area (Å²) in [7, 11) is -2.12. The smallest absolute Gasteiger partial charge is 0.240 e. The molecule has 0 saturated heterocycles. The number of amides is 1. The lowest BCUT2D eigenvalue weighted by molar-refractivity contribution is -0.117. The van der Waals surface area contributed by atoms with Gasteiger partial charge in [0.1, 0.15) is 0 Å². The van der Waals surface area contributed by atoms with Crippen molar-refractivity contribution in [3.05, 3.63) is 60.2 Å². The summed E-state index contributed by atoms with van der Waals surface area (Å²) in [6.07, 6.45) is 1.62. The lowest BCUT2D eigenvalue weighted by Gasteiger charge is -2.17. The molecule has 2 rings (SSSR count). The predicted molar refractivity (Wildman–Crippen MR) is 111 cm³/mol. The fourth-order valence-corrected chi connectivity index (χ4v) is 4.22. The zero-order chi connectivity index (χ0) is 20.6. The average molecular weight is 405 g/mol. The molecule has 2 atom stereocenters. The highest BCUT2D eigenvalue weighted by molar-refractivity contribution is 7.89. The number of sulfonamides is 1. The minimum absolute atomic E-state index is 0.101. The third-order valence-corrected chi connectivity index (χ3v) is 5.91. The van der Waals surface area contributed by atoms with Gasteiger partial charge in [0, 0.05) is 18.8 Å². The van der Waals surface area contributed by atoms with E-state index >= 15 is 0 Å². The number of rotatable bonds is 10. The van der Waals surface area contributed by atoms with Crippen molar-refractivity contribution in [3.8, 4) is 0 Å². The van der Waals surface area contributed by atoms with Crippen LogP contribution < -0.4 is 10.0 Å². The molecule has 2 aromatic carbocycles. The molecule has 0 fully saturated rings. The Morgan fingerprint density at radius 2 is 1.71 bits per heavy atom. The Hall–Kier alpha value is -2.22. The van der Waals surface area contributed by atoms with E-state index in [9.17, 15) is 13.2 Å². The second kappa shape index (κ2) is 10.4. The molecule has 2 unspecified atom stereocenters. The van der Waals surface area contributed by atoms with Gasteiger partial charge in [0.25, 0.3) is 0 Å². The zero-order valence-corrected chi connectivity index (χ0v) is 17.3. The Balaban J connectivity index is 2.09. The van der Waals surface area contributed by atoms with Crippen LogP contribution in [0.15, 0.2) is 59.5 Å². The van der Waals surface area contributed by atoms with Gasteiger partial charge in [0.05, 0.1) is 17.4 Å². The number of ether oxygens (including phenoxy) is 1. The Morgan fingerprint density at radius 3 is 2.29 bits per heavy atom. The number of hydrogen-bond donors (Lipinski definition) is 2.